The Kier molecular flexibility index (Phi) is 4.69. The van der Waals surface area contributed by atoms with Gasteiger partial charge in [0, 0.05) is 44.3 Å². The van der Waals surface area contributed by atoms with Crippen molar-refractivity contribution in [1.29, 1.82) is 0 Å². The average Bonchev–Trinajstić information content (AvgIpc) is 2.51. The summed E-state index contributed by atoms with van der Waals surface area (Å²) in [4.78, 5) is 5.05. The fourth-order valence-corrected chi connectivity index (χ4v) is 3.60. The first-order valence-corrected chi connectivity index (χ1v) is 8.03. The van der Waals surface area contributed by atoms with Gasteiger partial charge in [0.05, 0.1) is 0 Å². The molecule has 2 aliphatic rings. The average molecular weight is 276 g/mol. The van der Waals surface area contributed by atoms with E-state index in [2.05, 4.69) is 9.80 Å². The smallest absolute Gasteiger partial charge is 0.127 e. The van der Waals surface area contributed by atoms with E-state index < -0.39 is 0 Å². The Morgan fingerprint density at radius 1 is 0.950 bits per heavy atom. The zero-order valence-electron chi connectivity index (χ0n) is 12.2. The summed E-state index contributed by atoms with van der Waals surface area (Å²) in [5.41, 5.74) is 0.832. The zero-order valence-corrected chi connectivity index (χ0v) is 12.2. The van der Waals surface area contributed by atoms with Crippen molar-refractivity contribution in [3.63, 3.8) is 0 Å². The third kappa shape index (κ3) is 3.39. The fraction of sp³-hybridized carbons (Fsp3) is 0.647. The molecule has 1 saturated carbocycles. The fourth-order valence-electron chi connectivity index (χ4n) is 3.60. The molecule has 1 saturated heterocycles. The van der Waals surface area contributed by atoms with Gasteiger partial charge < -0.3 is 0 Å². The van der Waals surface area contributed by atoms with Crippen molar-refractivity contribution in [2.75, 3.05) is 26.2 Å². The van der Waals surface area contributed by atoms with Crippen LogP contribution in [0.3, 0.4) is 0 Å². The van der Waals surface area contributed by atoms with Gasteiger partial charge in [0.15, 0.2) is 0 Å². The van der Waals surface area contributed by atoms with Crippen LogP contribution in [0.1, 0.15) is 37.7 Å². The molecule has 3 heteroatoms. The largest absolute Gasteiger partial charge is 0.298 e. The quantitative estimate of drug-likeness (QED) is 0.836. The lowest BCUT2D eigenvalue weighted by Gasteiger charge is -2.40. The summed E-state index contributed by atoms with van der Waals surface area (Å²) in [5.74, 6) is -0.0674. The van der Waals surface area contributed by atoms with Crippen molar-refractivity contribution in [2.45, 2.75) is 44.7 Å². The third-order valence-electron chi connectivity index (χ3n) is 4.85. The van der Waals surface area contributed by atoms with Gasteiger partial charge >= 0.3 is 0 Å². The SMILES string of the molecule is Fc1ccccc1CN1CCN(C2CCCCC2)CC1. The molecule has 1 aliphatic heterocycles. The van der Waals surface area contributed by atoms with Crippen molar-refractivity contribution in [1.82, 2.24) is 9.80 Å². The third-order valence-corrected chi connectivity index (χ3v) is 4.85. The number of hydrogen-bond acceptors (Lipinski definition) is 2. The summed E-state index contributed by atoms with van der Waals surface area (Å²) in [5, 5.41) is 0. The van der Waals surface area contributed by atoms with E-state index >= 15 is 0 Å². The first-order valence-electron chi connectivity index (χ1n) is 8.03. The molecule has 1 aromatic carbocycles. The predicted octanol–water partition coefficient (Wildman–Crippen LogP) is 3.28. The van der Waals surface area contributed by atoms with Gasteiger partial charge in [0.2, 0.25) is 0 Å². The zero-order chi connectivity index (χ0) is 13.8. The van der Waals surface area contributed by atoms with Gasteiger partial charge in [-0.1, -0.05) is 37.5 Å². The topological polar surface area (TPSA) is 6.48 Å². The van der Waals surface area contributed by atoms with Crippen LogP contribution in [-0.2, 0) is 6.54 Å². The molecule has 0 unspecified atom stereocenters. The lowest BCUT2D eigenvalue weighted by Crippen LogP contribution is -2.50. The number of benzene rings is 1. The van der Waals surface area contributed by atoms with E-state index in [4.69, 9.17) is 0 Å². The van der Waals surface area contributed by atoms with E-state index in [1.807, 2.05) is 12.1 Å². The Morgan fingerprint density at radius 2 is 1.65 bits per heavy atom. The minimum absolute atomic E-state index is 0.0674. The Labute approximate surface area is 121 Å². The molecule has 0 bridgehead atoms. The van der Waals surface area contributed by atoms with Gasteiger partial charge in [0.1, 0.15) is 5.82 Å². The standard InChI is InChI=1S/C17H25FN2/c18-17-9-5-4-6-15(17)14-19-10-12-20(13-11-19)16-7-2-1-3-8-16/h4-6,9,16H,1-3,7-8,10-14H2. The molecular formula is C17H25FN2. The second kappa shape index (κ2) is 6.68. The summed E-state index contributed by atoms with van der Waals surface area (Å²) in [6.07, 6.45) is 6.99. The molecule has 0 aromatic heterocycles. The second-order valence-electron chi connectivity index (χ2n) is 6.20. The van der Waals surface area contributed by atoms with Gasteiger partial charge in [-0.15, -0.1) is 0 Å². The summed E-state index contributed by atoms with van der Waals surface area (Å²) >= 11 is 0. The molecule has 1 aromatic rings. The van der Waals surface area contributed by atoms with E-state index in [9.17, 15) is 4.39 Å². The van der Waals surface area contributed by atoms with Crippen LogP contribution < -0.4 is 0 Å². The molecule has 1 aliphatic carbocycles. The van der Waals surface area contributed by atoms with E-state index in [-0.39, 0.29) is 5.82 Å². The summed E-state index contributed by atoms with van der Waals surface area (Å²) in [6.45, 7) is 5.21. The van der Waals surface area contributed by atoms with E-state index in [0.29, 0.717) is 0 Å². The molecule has 0 N–H and O–H groups in total. The molecule has 0 spiro atoms. The Bertz CT molecular complexity index is 421. The van der Waals surface area contributed by atoms with Crippen molar-refractivity contribution in [2.24, 2.45) is 0 Å². The van der Waals surface area contributed by atoms with Crippen LogP contribution in [-0.4, -0.2) is 42.0 Å². The highest BCUT2D eigenvalue weighted by atomic mass is 19.1. The summed E-state index contributed by atoms with van der Waals surface area (Å²) in [6, 6.07) is 7.98. The molecule has 2 fully saturated rings. The molecule has 0 amide bonds. The molecule has 0 radical (unpaired) electrons. The number of rotatable bonds is 3. The highest BCUT2D eigenvalue weighted by Gasteiger charge is 2.25. The molecule has 20 heavy (non-hydrogen) atoms. The second-order valence-corrected chi connectivity index (χ2v) is 6.20. The van der Waals surface area contributed by atoms with Gasteiger partial charge in [-0.05, 0) is 18.9 Å². The maximum Gasteiger partial charge on any atom is 0.127 e. The first-order chi connectivity index (χ1) is 9.83. The lowest BCUT2D eigenvalue weighted by atomic mass is 9.94. The maximum absolute atomic E-state index is 13.7. The summed E-state index contributed by atoms with van der Waals surface area (Å²) in [7, 11) is 0. The monoisotopic (exact) mass is 276 g/mol. The van der Waals surface area contributed by atoms with Crippen LogP contribution in [0.2, 0.25) is 0 Å². The molecule has 1 heterocycles. The Morgan fingerprint density at radius 3 is 2.35 bits per heavy atom. The van der Waals surface area contributed by atoms with Crippen molar-refractivity contribution in [3.05, 3.63) is 35.6 Å². The van der Waals surface area contributed by atoms with Gasteiger partial charge in [0.25, 0.3) is 0 Å². The molecule has 3 rings (SSSR count). The van der Waals surface area contributed by atoms with Gasteiger partial charge in [-0.25, -0.2) is 4.39 Å². The minimum Gasteiger partial charge on any atom is -0.298 e. The lowest BCUT2D eigenvalue weighted by molar-refractivity contribution is 0.0750. The van der Waals surface area contributed by atoms with Gasteiger partial charge in [-0.2, -0.15) is 0 Å². The van der Waals surface area contributed by atoms with Crippen LogP contribution >= 0.6 is 0 Å². The highest BCUT2D eigenvalue weighted by molar-refractivity contribution is 5.17. The Hall–Kier alpha value is -0.930. The molecule has 110 valence electrons. The van der Waals surface area contributed by atoms with Gasteiger partial charge in [-0.3, -0.25) is 9.80 Å². The Balaban J connectivity index is 1.50. The minimum atomic E-state index is -0.0674. The van der Waals surface area contributed by atoms with Crippen molar-refractivity contribution >= 4 is 0 Å². The van der Waals surface area contributed by atoms with Crippen molar-refractivity contribution in [3.8, 4) is 0 Å². The van der Waals surface area contributed by atoms with Crippen LogP contribution in [0.15, 0.2) is 24.3 Å². The highest BCUT2D eigenvalue weighted by Crippen LogP contribution is 2.23. The first kappa shape index (κ1) is 14.0. The van der Waals surface area contributed by atoms with Crippen molar-refractivity contribution < 1.29 is 4.39 Å². The normalized spacial score (nSPS) is 23.1. The maximum atomic E-state index is 13.7. The van der Waals surface area contributed by atoms with Crippen LogP contribution in [0.4, 0.5) is 4.39 Å². The molecule has 0 atom stereocenters. The van der Waals surface area contributed by atoms with E-state index in [1.54, 1.807) is 12.1 Å². The summed E-state index contributed by atoms with van der Waals surface area (Å²) < 4.78 is 13.7. The van der Waals surface area contributed by atoms with E-state index in [1.165, 1.54) is 32.1 Å². The van der Waals surface area contributed by atoms with Crippen LogP contribution in [0.25, 0.3) is 0 Å². The van der Waals surface area contributed by atoms with Crippen LogP contribution in [0.5, 0.6) is 0 Å². The number of nitrogens with zero attached hydrogens (tertiary/aromatic N) is 2. The molecular weight excluding hydrogens is 251 g/mol. The number of piperazine rings is 1. The van der Waals surface area contributed by atoms with Crippen LogP contribution in [0, 0.1) is 5.82 Å². The van der Waals surface area contributed by atoms with E-state index in [0.717, 1.165) is 44.3 Å². The number of hydrogen-bond donors (Lipinski definition) is 0. The molecule has 2 nitrogen and oxygen atoms in total. The predicted molar refractivity (Wildman–Crippen MR) is 80.1 cm³/mol. The number of halogens is 1.